The fraction of sp³-hybridized carbons (Fsp3) is 0.0400. The van der Waals surface area contributed by atoms with Crippen LogP contribution in [0.25, 0.3) is 39.3 Å². The summed E-state index contributed by atoms with van der Waals surface area (Å²) < 4.78 is 2.22. The summed E-state index contributed by atoms with van der Waals surface area (Å²) in [5.41, 5.74) is 12.7. The molecular weight excluding hydrogens is 466 g/mol. The summed E-state index contributed by atoms with van der Waals surface area (Å²) in [6.45, 7) is 1.54. The summed E-state index contributed by atoms with van der Waals surface area (Å²) >= 11 is 3.55. The molecule has 0 bridgehead atoms. The van der Waals surface area contributed by atoms with E-state index in [0.29, 0.717) is 27.2 Å². The average molecular weight is 484 g/mol. The third-order valence-electron chi connectivity index (χ3n) is 5.31. The SMILES string of the molecule is CC(=O)c1cccc(-c2nc3c(-c4ccc(-c5ccccc5)nc4)cnn3c(N)c2Br)c1. The van der Waals surface area contributed by atoms with Crippen LogP contribution in [0.5, 0.6) is 0 Å². The predicted octanol–water partition coefficient (Wildman–Crippen LogP) is 5.67. The Bertz CT molecular complexity index is 1460. The number of aromatic nitrogens is 4. The first-order valence-corrected chi connectivity index (χ1v) is 10.8. The van der Waals surface area contributed by atoms with Gasteiger partial charge in [0.1, 0.15) is 5.82 Å². The Morgan fingerprint density at radius 1 is 0.938 bits per heavy atom. The van der Waals surface area contributed by atoms with Crippen molar-refractivity contribution in [1.29, 1.82) is 0 Å². The Kier molecular flexibility index (Phi) is 5.03. The third kappa shape index (κ3) is 3.46. The Hall–Kier alpha value is -3.84. The number of hydrogen-bond donors (Lipinski definition) is 1. The number of benzene rings is 2. The van der Waals surface area contributed by atoms with Gasteiger partial charge in [0, 0.05) is 34.0 Å². The van der Waals surface area contributed by atoms with Gasteiger partial charge >= 0.3 is 0 Å². The minimum absolute atomic E-state index is 0.00774. The zero-order valence-electron chi connectivity index (χ0n) is 17.2. The summed E-state index contributed by atoms with van der Waals surface area (Å²) in [7, 11) is 0. The van der Waals surface area contributed by atoms with Crippen LogP contribution in [0.2, 0.25) is 0 Å². The second-order valence-electron chi connectivity index (χ2n) is 7.39. The first-order valence-electron chi connectivity index (χ1n) is 9.99. The van der Waals surface area contributed by atoms with Crippen LogP contribution in [0.4, 0.5) is 5.82 Å². The highest BCUT2D eigenvalue weighted by Crippen LogP contribution is 2.35. The smallest absolute Gasteiger partial charge is 0.165 e. The van der Waals surface area contributed by atoms with Gasteiger partial charge in [-0.05, 0) is 35.0 Å². The molecule has 0 fully saturated rings. The molecule has 0 aliphatic carbocycles. The van der Waals surface area contributed by atoms with Crippen molar-refractivity contribution >= 4 is 33.2 Å². The summed E-state index contributed by atoms with van der Waals surface area (Å²) in [5.74, 6) is 0.421. The lowest BCUT2D eigenvalue weighted by molar-refractivity contribution is 0.101. The van der Waals surface area contributed by atoms with E-state index in [4.69, 9.17) is 10.7 Å². The molecule has 3 heterocycles. The molecule has 2 aromatic carbocycles. The molecule has 7 heteroatoms. The van der Waals surface area contributed by atoms with Crippen LogP contribution in [0, 0.1) is 0 Å². The van der Waals surface area contributed by atoms with Gasteiger partial charge < -0.3 is 5.73 Å². The van der Waals surface area contributed by atoms with Gasteiger partial charge in [0.2, 0.25) is 0 Å². The van der Waals surface area contributed by atoms with Crippen molar-refractivity contribution in [2.45, 2.75) is 6.92 Å². The molecule has 5 aromatic rings. The van der Waals surface area contributed by atoms with Crippen LogP contribution in [0.3, 0.4) is 0 Å². The topological polar surface area (TPSA) is 86.2 Å². The molecule has 32 heavy (non-hydrogen) atoms. The van der Waals surface area contributed by atoms with Crippen molar-refractivity contribution in [2.75, 3.05) is 5.73 Å². The number of anilines is 1. The molecule has 0 aliphatic rings. The summed E-state index contributed by atoms with van der Waals surface area (Å²) in [5, 5.41) is 4.43. The van der Waals surface area contributed by atoms with Crippen molar-refractivity contribution in [2.24, 2.45) is 0 Å². The van der Waals surface area contributed by atoms with Gasteiger partial charge in [-0.25, -0.2) is 4.98 Å². The van der Waals surface area contributed by atoms with Crippen molar-refractivity contribution in [3.05, 3.63) is 89.2 Å². The van der Waals surface area contributed by atoms with Crippen LogP contribution < -0.4 is 5.73 Å². The Morgan fingerprint density at radius 3 is 2.44 bits per heavy atom. The molecule has 0 amide bonds. The molecule has 0 atom stereocenters. The highest BCUT2D eigenvalue weighted by Gasteiger charge is 2.18. The number of nitrogens with two attached hydrogens (primary N) is 1. The minimum Gasteiger partial charge on any atom is -0.383 e. The van der Waals surface area contributed by atoms with E-state index >= 15 is 0 Å². The number of hydrogen-bond acceptors (Lipinski definition) is 5. The standard InChI is InChI=1S/C25H18BrN5O/c1-15(32)17-8-5-9-18(12-17)23-22(26)24(27)31-25(30-23)20(14-29-31)19-10-11-21(28-13-19)16-6-3-2-4-7-16/h2-14H,27H2,1H3. The Morgan fingerprint density at radius 2 is 1.72 bits per heavy atom. The minimum atomic E-state index is -0.00774. The average Bonchev–Trinajstić information content (AvgIpc) is 3.26. The van der Waals surface area contributed by atoms with Gasteiger partial charge in [-0.15, -0.1) is 0 Å². The van der Waals surface area contributed by atoms with Crippen molar-refractivity contribution in [3.63, 3.8) is 0 Å². The molecule has 0 saturated heterocycles. The number of pyridine rings is 1. The molecule has 0 aliphatic heterocycles. The molecule has 0 spiro atoms. The second-order valence-corrected chi connectivity index (χ2v) is 8.18. The van der Waals surface area contributed by atoms with Crippen molar-refractivity contribution < 1.29 is 4.79 Å². The van der Waals surface area contributed by atoms with Gasteiger partial charge in [-0.2, -0.15) is 9.61 Å². The molecule has 3 aromatic heterocycles. The lowest BCUT2D eigenvalue weighted by Gasteiger charge is -2.10. The number of carbonyl (C=O) groups is 1. The summed E-state index contributed by atoms with van der Waals surface area (Å²) in [4.78, 5) is 21.3. The van der Waals surface area contributed by atoms with E-state index in [-0.39, 0.29) is 5.78 Å². The highest BCUT2D eigenvalue weighted by atomic mass is 79.9. The van der Waals surface area contributed by atoms with Crippen molar-refractivity contribution in [3.8, 4) is 33.6 Å². The van der Waals surface area contributed by atoms with Crippen LogP contribution in [0.15, 0.2) is 83.6 Å². The van der Waals surface area contributed by atoms with E-state index in [9.17, 15) is 4.79 Å². The third-order valence-corrected chi connectivity index (χ3v) is 6.09. The van der Waals surface area contributed by atoms with E-state index in [2.05, 4.69) is 26.0 Å². The maximum atomic E-state index is 11.8. The molecule has 0 unspecified atom stereocenters. The molecule has 5 rings (SSSR count). The molecular formula is C25H18BrN5O. The number of halogens is 1. The Balaban J connectivity index is 1.63. The van der Waals surface area contributed by atoms with Gasteiger partial charge in [0.25, 0.3) is 0 Å². The molecule has 2 N–H and O–H groups in total. The van der Waals surface area contributed by atoms with E-state index in [1.165, 1.54) is 0 Å². The van der Waals surface area contributed by atoms with Crippen LogP contribution >= 0.6 is 15.9 Å². The zero-order chi connectivity index (χ0) is 22.2. The van der Waals surface area contributed by atoms with Crippen molar-refractivity contribution in [1.82, 2.24) is 19.6 Å². The number of carbonyl (C=O) groups excluding carboxylic acids is 1. The van der Waals surface area contributed by atoms with E-state index in [1.54, 1.807) is 23.7 Å². The maximum Gasteiger partial charge on any atom is 0.165 e. The molecule has 6 nitrogen and oxygen atoms in total. The van der Waals surface area contributed by atoms with E-state index < -0.39 is 0 Å². The van der Waals surface area contributed by atoms with Gasteiger partial charge in [-0.1, -0.05) is 54.6 Å². The molecule has 0 radical (unpaired) electrons. The number of rotatable bonds is 4. The fourth-order valence-corrected chi connectivity index (χ4v) is 4.09. The number of fused-ring (bicyclic) bond motifs is 1. The molecule has 156 valence electrons. The second kappa shape index (κ2) is 8.01. The van der Waals surface area contributed by atoms with Gasteiger partial charge in [0.05, 0.1) is 22.1 Å². The normalized spacial score (nSPS) is 11.1. The molecule has 0 saturated carbocycles. The first kappa shape index (κ1) is 20.1. The van der Waals surface area contributed by atoms with E-state index in [1.807, 2.05) is 66.9 Å². The summed E-state index contributed by atoms with van der Waals surface area (Å²) in [6, 6.07) is 21.3. The van der Waals surface area contributed by atoms with E-state index in [0.717, 1.165) is 27.9 Å². The number of Topliss-reactive ketones (excluding diaryl/α,β-unsaturated/α-hetero) is 1. The number of ketones is 1. The van der Waals surface area contributed by atoms with Gasteiger partial charge in [-0.3, -0.25) is 9.78 Å². The predicted molar refractivity (Wildman–Crippen MR) is 129 cm³/mol. The quantitative estimate of drug-likeness (QED) is 0.332. The van der Waals surface area contributed by atoms with Crippen LogP contribution in [0.1, 0.15) is 17.3 Å². The fourth-order valence-electron chi connectivity index (χ4n) is 3.61. The first-order chi connectivity index (χ1) is 15.5. The monoisotopic (exact) mass is 483 g/mol. The zero-order valence-corrected chi connectivity index (χ0v) is 18.7. The highest BCUT2D eigenvalue weighted by molar-refractivity contribution is 9.10. The van der Waals surface area contributed by atoms with Crippen LogP contribution in [-0.2, 0) is 0 Å². The number of nitrogen functional groups attached to an aromatic ring is 1. The summed E-state index contributed by atoms with van der Waals surface area (Å²) in [6.07, 6.45) is 3.55. The van der Waals surface area contributed by atoms with Crippen LogP contribution in [-0.4, -0.2) is 25.4 Å². The largest absolute Gasteiger partial charge is 0.383 e. The Labute approximate surface area is 192 Å². The van der Waals surface area contributed by atoms with Gasteiger partial charge in [0.15, 0.2) is 11.4 Å². The lowest BCUT2D eigenvalue weighted by atomic mass is 10.1. The lowest BCUT2D eigenvalue weighted by Crippen LogP contribution is -2.04. The maximum absolute atomic E-state index is 11.8. The number of nitrogens with zero attached hydrogens (tertiary/aromatic N) is 4.